The van der Waals surface area contributed by atoms with Gasteiger partial charge in [-0.3, -0.25) is 5.41 Å². The van der Waals surface area contributed by atoms with Crippen LogP contribution in [0.2, 0.25) is 10.0 Å². The first-order chi connectivity index (χ1) is 15.1. The lowest BCUT2D eigenvalue weighted by molar-refractivity contribution is -0.288. The van der Waals surface area contributed by atoms with E-state index in [9.17, 15) is 15.8 Å². The van der Waals surface area contributed by atoms with Crippen molar-refractivity contribution in [2.45, 2.75) is 32.7 Å². The molecule has 2 aliphatic rings. The number of benzene rings is 2. The topological polar surface area (TPSA) is 114 Å². The fourth-order valence-corrected chi connectivity index (χ4v) is 5.55. The number of hydrogen-bond donors (Lipinski definition) is 1. The van der Waals surface area contributed by atoms with Gasteiger partial charge in [-0.15, -0.1) is 0 Å². The van der Waals surface area contributed by atoms with Crippen molar-refractivity contribution in [2.75, 3.05) is 0 Å². The van der Waals surface area contributed by atoms with Crippen LogP contribution >= 0.6 is 23.2 Å². The van der Waals surface area contributed by atoms with Crippen LogP contribution in [0.5, 0.6) is 0 Å². The average Bonchev–Trinajstić information content (AvgIpc) is 2.90. The molecule has 2 aliphatic heterocycles. The fraction of sp³-hybridized carbons (Fsp3) is 0.333. The van der Waals surface area contributed by atoms with Crippen molar-refractivity contribution >= 4 is 29.1 Å². The zero-order valence-electron chi connectivity index (χ0n) is 17.5. The van der Waals surface area contributed by atoms with E-state index in [-0.39, 0.29) is 5.02 Å². The van der Waals surface area contributed by atoms with Crippen molar-refractivity contribution in [3.63, 3.8) is 0 Å². The molecule has 2 aromatic carbocycles. The van der Waals surface area contributed by atoms with Gasteiger partial charge in [-0.1, -0.05) is 53.9 Å². The maximum atomic E-state index is 10.4. The van der Waals surface area contributed by atoms with E-state index in [2.05, 4.69) is 6.07 Å². The van der Waals surface area contributed by atoms with Gasteiger partial charge in [-0.25, -0.2) is 0 Å². The van der Waals surface area contributed by atoms with Gasteiger partial charge in [-0.05, 0) is 43.2 Å². The van der Waals surface area contributed by atoms with E-state index in [1.165, 1.54) is 6.07 Å². The van der Waals surface area contributed by atoms with Gasteiger partial charge in [0.15, 0.2) is 5.41 Å². The van der Waals surface area contributed by atoms with Gasteiger partial charge in [0, 0.05) is 10.6 Å². The van der Waals surface area contributed by atoms with Gasteiger partial charge in [-0.2, -0.15) is 15.8 Å². The van der Waals surface area contributed by atoms with E-state index in [0.29, 0.717) is 16.1 Å². The Bertz CT molecular complexity index is 1270. The van der Waals surface area contributed by atoms with Crippen LogP contribution in [-0.2, 0) is 15.3 Å². The molecule has 0 aliphatic carbocycles. The van der Waals surface area contributed by atoms with Gasteiger partial charge in [0.25, 0.3) is 0 Å². The maximum Gasteiger partial charge on any atom is 0.245 e. The summed E-state index contributed by atoms with van der Waals surface area (Å²) in [6.45, 7) is 5.41. The zero-order valence-corrected chi connectivity index (χ0v) is 19.0. The van der Waals surface area contributed by atoms with Crippen molar-refractivity contribution in [3.05, 3.63) is 68.7 Å². The number of aryl methyl sites for hydroxylation is 2. The van der Waals surface area contributed by atoms with Crippen LogP contribution in [0.4, 0.5) is 0 Å². The molecule has 0 radical (unpaired) electrons. The van der Waals surface area contributed by atoms with Crippen molar-refractivity contribution in [1.82, 2.24) is 0 Å². The minimum absolute atomic E-state index is 0.228. The van der Waals surface area contributed by atoms with E-state index in [0.717, 1.165) is 11.1 Å². The normalized spacial score (nSPS) is 30.0. The number of nitrogens with one attached hydrogen (secondary N) is 1. The molecule has 1 N–H and O–H groups in total. The van der Waals surface area contributed by atoms with Crippen LogP contribution in [-0.4, -0.2) is 5.90 Å². The first-order valence-corrected chi connectivity index (χ1v) is 10.6. The molecule has 4 rings (SSSR count). The van der Waals surface area contributed by atoms with E-state index < -0.39 is 34.5 Å². The molecule has 6 nitrogen and oxygen atoms in total. The highest BCUT2D eigenvalue weighted by Gasteiger charge is 2.80. The highest BCUT2D eigenvalue weighted by molar-refractivity contribution is 6.35. The van der Waals surface area contributed by atoms with E-state index in [4.69, 9.17) is 38.1 Å². The zero-order chi connectivity index (χ0) is 23.5. The second-order valence-corrected chi connectivity index (χ2v) is 9.10. The molecular formula is C24H18Cl2N4O2. The van der Waals surface area contributed by atoms with E-state index in [1.54, 1.807) is 25.1 Å². The molecule has 8 heteroatoms. The summed E-state index contributed by atoms with van der Waals surface area (Å²) in [5.41, 5.74) is -1.20. The maximum absolute atomic E-state index is 10.4. The third-order valence-electron chi connectivity index (χ3n) is 6.68. The minimum atomic E-state index is -2.03. The summed E-state index contributed by atoms with van der Waals surface area (Å²) in [5.74, 6) is -3.05. The molecule has 4 atom stereocenters. The van der Waals surface area contributed by atoms with Gasteiger partial charge in [0.1, 0.15) is 6.10 Å². The van der Waals surface area contributed by atoms with Crippen LogP contribution in [0, 0.1) is 70.0 Å². The predicted octanol–water partition coefficient (Wildman–Crippen LogP) is 5.72. The van der Waals surface area contributed by atoms with Crippen molar-refractivity contribution < 1.29 is 9.47 Å². The molecule has 0 amide bonds. The Balaban J connectivity index is 2.08. The summed E-state index contributed by atoms with van der Waals surface area (Å²) in [6.07, 6.45) is -1.18. The summed E-state index contributed by atoms with van der Waals surface area (Å²) < 4.78 is 12.5. The Hall–Kier alpha value is -3.08. The average molecular weight is 465 g/mol. The van der Waals surface area contributed by atoms with Crippen LogP contribution in [0.1, 0.15) is 35.3 Å². The highest BCUT2D eigenvalue weighted by Crippen LogP contribution is 2.69. The molecule has 0 spiro atoms. The Morgan fingerprint density at radius 2 is 1.69 bits per heavy atom. The van der Waals surface area contributed by atoms with Crippen molar-refractivity contribution in [3.8, 4) is 18.2 Å². The first-order valence-electron chi connectivity index (χ1n) is 9.85. The van der Waals surface area contributed by atoms with Crippen LogP contribution in [0.15, 0.2) is 36.4 Å². The first kappa shape index (κ1) is 22.1. The number of ether oxygens (including phenoxy) is 2. The van der Waals surface area contributed by atoms with Gasteiger partial charge >= 0.3 is 0 Å². The molecule has 2 bridgehead atoms. The number of hydrogen-bond acceptors (Lipinski definition) is 6. The molecule has 0 aromatic heterocycles. The van der Waals surface area contributed by atoms with E-state index in [1.807, 2.05) is 38.1 Å². The monoisotopic (exact) mass is 464 g/mol. The Kier molecular flexibility index (Phi) is 5.00. The molecule has 4 unspecified atom stereocenters. The quantitative estimate of drug-likeness (QED) is 0.609. The van der Waals surface area contributed by atoms with Crippen molar-refractivity contribution in [2.24, 2.45) is 16.7 Å². The highest BCUT2D eigenvalue weighted by atomic mass is 35.5. The number of rotatable bonds is 2. The summed E-state index contributed by atoms with van der Waals surface area (Å²) in [6, 6.07) is 16.5. The summed E-state index contributed by atoms with van der Waals surface area (Å²) in [4.78, 5) is 0. The predicted molar refractivity (Wildman–Crippen MR) is 118 cm³/mol. The SMILES string of the molecule is Cc1ccc(C2OC3(c4ccc(Cl)cc4Cl)OC(=N)C(C#N)(C3C)C2(C#N)C#N)c(C)c1. The Labute approximate surface area is 196 Å². The summed E-state index contributed by atoms with van der Waals surface area (Å²) >= 11 is 12.6. The number of fused-ring (bicyclic) bond motifs is 2. The molecule has 32 heavy (non-hydrogen) atoms. The van der Waals surface area contributed by atoms with Crippen molar-refractivity contribution in [1.29, 1.82) is 21.2 Å². The molecule has 160 valence electrons. The lowest BCUT2D eigenvalue weighted by Gasteiger charge is -2.49. The number of halogens is 2. The Morgan fingerprint density at radius 1 is 1.00 bits per heavy atom. The number of nitrogens with zero attached hydrogens (tertiary/aromatic N) is 3. The molecule has 0 saturated carbocycles. The summed E-state index contributed by atoms with van der Waals surface area (Å²) in [7, 11) is 0. The van der Waals surface area contributed by atoms with Crippen LogP contribution < -0.4 is 0 Å². The Morgan fingerprint density at radius 3 is 2.25 bits per heavy atom. The lowest BCUT2D eigenvalue weighted by atomic mass is 9.53. The number of nitriles is 3. The molecule has 2 aromatic rings. The third kappa shape index (κ3) is 2.51. The van der Waals surface area contributed by atoms with Gasteiger partial charge < -0.3 is 9.47 Å². The second-order valence-electron chi connectivity index (χ2n) is 8.25. The summed E-state index contributed by atoms with van der Waals surface area (Å²) in [5, 5.41) is 40.3. The largest absolute Gasteiger partial charge is 0.443 e. The molecule has 2 fully saturated rings. The lowest BCUT2D eigenvalue weighted by Crippen LogP contribution is -2.57. The van der Waals surface area contributed by atoms with E-state index >= 15 is 0 Å². The second kappa shape index (κ2) is 7.22. The molecule has 2 saturated heterocycles. The molecule has 2 heterocycles. The smallest absolute Gasteiger partial charge is 0.245 e. The van der Waals surface area contributed by atoms with Crippen LogP contribution in [0.3, 0.4) is 0 Å². The van der Waals surface area contributed by atoms with Gasteiger partial charge in [0.2, 0.25) is 17.1 Å². The fourth-order valence-electron chi connectivity index (χ4n) is 5.01. The standard InChI is InChI=1S/C24H18Cl2N4O2/c1-13-4-6-17(14(2)8-13)20-22(10-27,11-28)23(12-29)15(3)24(31-20,32-21(23)30)18-7-5-16(25)9-19(18)26/h4-9,15,20,30H,1-3H3. The van der Waals surface area contributed by atoms with Gasteiger partial charge in [0.05, 0.1) is 29.1 Å². The minimum Gasteiger partial charge on any atom is -0.443 e. The van der Waals surface area contributed by atoms with Crippen LogP contribution in [0.25, 0.3) is 0 Å². The molecular weight excluding hydrogens is 447 g/mol. The third-order valence-corrected chi connectivity index (χ3v) is 7.23.